The maximum absolute atomic E-state index is 6.25. The molecule has 0 aliphatic heterocycles. The SMILES string of the molecule is CCCNC(c1ccccc1)C(CC)OCCC1CCC1. The van der Waals surface area contributed by atoms with E-state index in [9.17, 15) is 0 Å². The molecule has 0 spiro atoms. The zero-order valence-corrected chi connectivity index (χ0v) is 13.7. The van der Waals surface area contributed by atoms with Gasteiger partial charge in [-0.2, -0.15) is 0 Å². The number of ether oxygens (including phenoxy) is 1. The highest BCUT2D eigenvalue weighted by Gasteiger charge is 2.23. The van der Waals surface area contributed by atoms with Gasteiger partial charge in [-0.25, -0.2) is 0 Å². The Morgan fingerprint density at radius 2 is 1.95 bits per heavy atom. The van der Waals surface area contributed by atoms with Crippen molar-refractivity contribution in [1.29, 1.82) is 0 Å². The van der Waals surface area contributed by atoms with Crippen molar-refractivity contribution in [3.63, 3.8) is 0 Å². The fourth-order valence-corrected chi connectivity index (χ4v) is 3.04. The van der Waals surface area contributed by atoms with Gasteiger partial charge in [0.05, 0.1) is 12.1 Å². The zero-order chi connectivity index (χ0) is 14.9. The van der Waals surface area contributed by atoms with E-state index in [1.807, 2.05) is 0 Å². The van der Waals surface area contributed by atoms with E-state index in [0.717, 1.165) is 31.9 Å². The van der Waals surface area contributed by atoms with E-state index in [-0.39, 0.29) is 6.10 Å². The zero-order valence-electron chi connectivity index (χ0n) is 13.7. The van der Waals surface area contributed by atoms with Crippen LogP contribution < -0.4 is 5.32 Å². The minimum Gasteiger partial charge on any atom is -0.376 e. The lowest BCUT2D eigenvalue weighted by Gasteiger charge is -2.30. The standard InChI is InChI=1S/C19H31NO/c1-3-14-20-19(17-11-6-5-7-12-17)18(4-2)21-15-13-16-9-8-10-16/h5-7,11-12,16,18-20H,3-4,8-10,13-15H2,1-2H3. The van der Waals surface area contributed by atoms with Gasteiger partial charge in [-0.05, 0) is 37.3 Å². The second-order valence-electron chi connectivity index (χ2n) is 6.25. The van der Waals surface area contributed by atoms with Crippen LogP contribution in [0.25, 0.3) is 0 Å². The maximum atomic E-state index is 6.25. The topological polar surface area (TPSA) is 21.3 Å². The van der Waals surface area contributed by atoms with Crippen LogP contribution >= 0.6 is 0 Å². The molecule has 0 heterocycles. The van der Waals surface area contributed by atoms with Gasteiger partial charge in [-0.3, -0.25) is 0 Å². The lowest BCUT2D eigenvalue weighted by atomic mass is 9.83. The average molecular weight is 289 g/mol. The van der Waals surface area contributed by atoms with Crippen LogP contribution in [0, 0.1) is 5.92 Å². The van der Waals surface area contributed by atoms with Crippen molar-refractivity contribution in [2.75, 3.05) is 13.2 Å². The molecule has 0 radical (unpaired) electrons. The molecule has 2 nitrogen and oxygen atoms in total. The molecule has 2 rings (SSSR count). The molecular weight excluding hydrogens is 258 g/mol. The molecule has 1 aliphatic rings. The Morgan fingerprint density at radius 3 is 2.52 bits per heavy atom. The van der Waals surface area contributed by atoms with Crippen molar-refractivity contribution < 1.29 is 4.74 Å². The number of hydrogen-bond donors (Lipinski definition) is 1. The summed E-state index contributed by atoms with van der Waals surface area (Å²) < 4.78 is 6.25. The van der Waals surface area contributed by atoms with Crippen LogP contribution in [0.1, 0.15) is 64.0 Å². The summed E-state index contributed by atoms with van der Waals surface area (Å²) in [4.78, 5) is 0. The third kappa shape index (κ3) is 5.12. The fourth-order valence-electron chi connectivity index (χ4n) is 3.04. The summed E-state index contributed by atoms with van der Waals surface area (Å²) in [5.74, 6) is 0.932. The number of benzene rings is 1. The molecule has 1 aromatic carbocycles. The third-order valence-electron chi connectivity index (χ3n) is 4.63. The molecule has 2 atom stereocenters. The lowest BCUT2D eigenvalue weighted by molar-refractivity contribution is 0.0115. The van der Waals surface area contributed by atoms with Gasteiger partial charge in [-0.15, -0.1) is 0 Å². The van der Waals surface area contributed by atoms with Gasteiger partial charge in [-0.1, -0.05) is 63.4 Å². The molecule has 1 aliphatic carbocycles. The van der Waals surface area contributed by atoms with Crippen LogP contribution in [0.4, 0.5) is 0 Å². The fraction of sp³-hybridized carbons (Fsp3) is 0.684. The molecule has 0 saturated heterocycles. The minimum absolute atomic E-state index is 0.277. The maximum Gasteiger partial charge on any atom is 0.0767 e. The van der Waals surface area contributed by atoms with Gasteiger partial charge < -0.3 is 10.1 Å². The summed E-state index contributed by atoms with van der Waals surface area (Å²) in [7, 11) is 0. The quantitative estimate of drug-likeness (QED) is 0.673. The first-order valence-corrected chi connectivity index (χ1v) is 8.75. The van der Waals surface area contributed by atoms with Crippen LogP contribution in [0.2, 0.25) is 0 Å². The van der Waals surface area contributed by atoms with E-state index in [2.05, 4.69) is 49.5 Å². The highest BCUT2D eigenvalue weighted by atomic mass is 16.5. The first-order chi connectivity index (χ1) is 10.3. The van der Waals surface area contributed by atoms with Crippen molar-refractivity contribution >= 4 is 0 Å². The normalized spacial score (nSPS) is 18.2. The van der Waals surface area contributed by atoms with Crippen LogP contribution in [-0.2, 0) is 4.74 Å². The lowest BCUT2D eigenvalue weighted by Crippen LogP contribution is -2.34. The third-order valence-corrected chi connectivity index (χ3v) is 4.63. The van der Waals surface area contributed by atoms with Gasteiger partial charge in [0, 0.05) is 6.61 Å². The molecule has 0 aromatic heterocycles. The molecule has 118 valence electrons. The molecule has 21 heavy (non-hydrogen) atoms. The molecule has 1 fully saturated rings. The van der Waals surface area contributed by atoms with Crippen molar-refractivity contribution in [3.05, 3.63) is 35.9 Å². The molecule has 1 aromatic rings. The molecule has 0 bridgehead atoms. The first kappa shape index (κ1) is 16.5. The van der Waals surface area contributed by atoms with E-state index in [1.54, 1.807) is 0 Å². The molecule has 1 saturated carbocycles. The molecular formula is C19H31NO. The van der Waals surface area contributed by atoms with Crippen molar-refractivity contribution in [2.45, 2.75) is 64.5 Å². The van der Waals surface area contributed by atoms with Crippen LogP contribution in [0.15, 0.2) is 30.3 Å². The summed E-state index contributed by atoms with van der Waals surface area (Å²) in [5.41, 5.74) is 1.35. The van der Waals surface area contributed by atoms with Gasteiger partial charge >= 0.3 is 0 Å². The second-order valence-corrected chi connectivity index (χ2v) is 6.25. The Hall–Kier alpha value is -0.860. The van der Waals surface area contributed by atoms with E-state index in [1.165, 1.54) is 31.2 Å². The van der Waals surface area contributed by atoms with E-state index in [0.29, 0.717) is 6.04 Å². The largest absolute Gasteiger partial charge is 0.376 e. The van der Waals surface area contributed by atoms with Crippen LogP contribution in [-0.4, -0.2) is 19.3 Å². The van der Waals surface area contributed by atoms with Crippen molar-refractivity contribution in [3.8, 4) is 0 Å². The Labute approximate surface area is 130 Å². The first-order valence-electron chi connectivity index (χ1n) is 8.75. The van der Waals surface area contributed by atoms with Crippen molar-refractivity contribution in [1.82, 2.24) is 5.32 Å². The predicted molar refractivity (Wildman–Crippen MR) is 89.5 cm³/mol. The highest BCUT2D eigenvalue weighted by molar-refractivity contribution is 5.20. The summed E-state index contributed by atoms with van der Waals surface area (Å²) >= 11 is 0. The summed E-state index contributed by atoms with van der Waals surface area (Å²) in [6.07, 6.45) is 7.98. The monoisotopic (exact) mass is 289 g/mol. The van der Waals surface area contributed by atoms with Gasteiger partial charge in [0.15, 0.2) is 0 Å². The van der Waals surface area contributed by atoms with E-state index < -0.39 is 0 Å². The number of hydrogen-bond acceptors (Lipinski definition) is 2. The second kappa shape index (κ2) is 9.22. The smallest absolute Gasteiger partial charge is 0.0767 e. The predicted octanol–water partition coefficient (Wildman–Crippen LogP) is 4.71. The summed E-state index contributed by atoms with van der Waals surface area (Å²) in [6.45, 7) is 6.41. The summed E-state index contributed by atoms with van der Waals surface area (Å²) in [5, 5.41) is 3.68. The van der Waals surface area contributed by atoms with Crippen molar-refractivity contribution in [2.24, 2.45) is 5.92 Å². The van der Waals surface area contributed by atoms with Gasteiger partial charge in [0.2, 0.25) is 0 Å². The highest BCUT2D eigenvalue weighted by Crippen LogP contribution is 2.30. The molecule has 0 amide bonds. The number of rotatable bonds is 10. The molecule has 1 N–H and O–H groups in total. The average Bonchev–Trinajstić information content (AvgIpc) is 2.48. The van der Waals surface area contributed by atoms with E-state index in [4.69, 9.17) is 4.74 Å². The summed E-state index contributed by atoms with van der Waals surface area (Å²) in [6, 6.07) is 11.1. The minimum atomic E-state index is 0.277. The van der Waals surface area contributed by atoms with Gasteiger partial charge in [0.25, 0.3) is 0 Å². The Morgan fingerprint density at radius 1 is 1.19 bits per heavy atom. The Bertz CT molecular complexity index is 374. The Balaban J connectivity index is 1.91. The van der Waals surface area contributed by atoms with Crippen LogP contribution in [0.3, 0.4) is 0 Å². The van der Waals surface area contributed by atoms with E-state index >= 15 is 0 Å². The molecule has 2 unspecified atom stereocenters. The van der Waals surface area contributed by atoms with Crippen LogP contribution in [0.5, 0.6) is 0 Å². The van der Waals surface area contributed by atoms with Gasteiger partial charge in [0.1, 0.15) is 0 Å². The Kier molecular flexibility index (Phi) is 7.25. The molecule has 2 heteroatoms. The number of nitrogens with one attached hydrogen (secondary N) is 1.